The Morgan fingerprint density at radius 1 is 1.56 bits per heavy atom. The first-order valence-electron chi connectivity index (χ1n) is 4.97. The number of amides is 1. The van der Waals surface area contributed by atoms with E-state index in [0.29, 0.717) is 24.6 Å². The molecule has 6 nitrogen and oxygen atoms in total. The molecule has 3 N–H and O–H groups in total. The van der Waals surface area contributed by atoms with Gasteiger partial charge < -0.3 is 11.1 Å². The minimum atomic E-state index is -0.289. The standard InChI is InChI=1S/C10H13N5O/c11-7-8-4-6-14-10(15-8)13-5-2-1-3-9(12)16/h4,6H,1-3,5H2,(H2,12,16)(H,13,14,15). The summed E-state index contributed by atoms with van der Waals surface area (Å²) in [5.74, 6) is 0.140. The first-order chi connectivity index (χ1) is 7.72. The number of hydrogen-bond donors (Lipinski definition) is 2. The van der Waals surface area contributed by atoms with Crippen molar-refractivity contribution in [2.75, 3.05) is 11.9 Å². The molecule has 0 aromatic carbocycles. The van der Waals surface area contributed by atoms with Gasteiger partial charge in [0.2, 0.25) is 11.9 Å². The van der Waals surface area contributed by atoms with Crippen LogP contribution < -0.4 is 11.1 Å². The van der Waals surface area contributed by atoms with Crippen LogP contribution in [0.4, 0.5) is 5.95 Å². The first kappa shape index (κ1) is 11.9. The molecule has 84 valence electrons. The van der Waals surface area contributed by atoms with E-state index >= 15 is 0 Å². The first-order valence-corrected chi connectivity index (χ1v) is 4.97. The summed E-state index contributed by atoms with van der Waals surface area (Å²) >= 11 is 0. The van der Waals surface area contributed by atoms with Crippen LogP contribution in [0.1, 0.15) is 25.0 Å². The summed E-state index contributed by atoms with van der Waals surface area (Å²) < 4.78 is 0. The van der Waals surface area contributed by atoms with Crippen molar-refractivity contribution in [3.63, 3.8) is 0 Å². The molecule has 0 saturated heterocycles. The van der Waals surface area contributed by atoms with Crippen LogP contribution in [0.3, 0.4) is 0 Å². The van der Waals surface area contributed by atoms with Crippen molar-refractivity contribution in [1.29, 1.82) is 5.26 Å². The molecule has 0 aliphatic rings. The minimum absolute atomic E-state index is 0.289. The van der Waals surface area contributed by atoms with Crippen molar-refractivity contribution in [3.05, 3.63) is 18.0 Å². The zero-order valence-electron chi connectivity index (χ0n) is 8.81. The topological polar surface area (TPSA) is 105 Å². The Labute approximate surface area is 93.5 Å². The number of nitriles is 1. The predicted octanol–water partition coefficient (Wildman–Crippen LogP) is 0.416. The zero-order valence-corrected chi connectivity index (χ0v) is 8.81. The van der Waals surface area contributed by atoms with Crippen molar-refractivity contribution < 1.29 is 4.79 Å². The summed E-state index contributed by atoms with van der Waals surface area (Å²) in [7, 11) is 0. The van der Waals surface area contributed by atoms with Crippen LogP contribution in [-0.2, 0) is 4.79 Å². The van der Waals surface area contributed by atoms with E-state index in [2.05, 4.69) is 15.3 Å². The van der Waals surface area contributed by atoms with Crippen LogP contribution in [0.15, 0.2) is 12.3 Å². The highest BCUT2D eigenvalue weighted by Gasteiger charge is 1.98. The summed E-state index contributed by atoms with van der Waals surface area (Å²) in [5, 5.41) is 11.6. The Balaban J connectivity index is 2.27. The molecule has 16 heavy (non-hydrogen) atoms. The third-order valence-electron chi connectivity index (χ3n) is 1.90. The minimum Gasteiger partial charge on any atom is -0.370 e. The van der Waals surface area contributed by atoms with E-state index in [1.165, 1.54) is 12.3 Å². The Kier molecular flexibility index (Phi) is 4.73. The molecule has 0 spiro atoms. The molecule has 1 aromatic heterocycles. The van der Waals surface area contributed by atoms with E-state index in [4.69, 9.17) is 11.0 Å². The lowest BCUT2D eigenvalue weighted by Gasteiger charge is -2.03. The van der Waals surface area contributed by atoms with E-state index in [9.17, 15) is 4.79 Å². The SMILES string of the molecule is N#Cc1ccnc(NCCCCC(N)=O)n1. The van der Waals surface area contributed by atoms with Gasteiger partial charge in [0.15, 0.2) is 0 Å². The molecule has 0 aliphatic carbocycles. The lowest BCUT2D eigenvalue weighted by atomic mass is 10.2. The number of nitrogens with two attached hydrogens (primary N) is 1. The van der Waals surface area contributed by atoms with Crippen molar-refractivity contribution in [1.82, 2.24) is 9.97 Å². The smallest absolute Gasteiger partial charge is 0.223 e. The molecule has 1 aromatic rings. The fourth-order valence-electron chi connectivity index (χ4n) is 1.13. The molecular weight excluding hydrogens is 206 g/mol. The van der Waals surface area contributed by atoms with Crippen molar-refractivity contribution in [3.8, 4) is 6.07 Å². The molecule has 1 amide bonds. The normalized spacial score (nSPS) is 9.44. The average Bonchev–Trinajstić information content (AvgIpc) is 2.28. The summed E-state index contributed by atoms with van der Waals surface area (Å²) in [4.78, 5) is 18.4. The lowest BCUT2D eigenvalue weighted by Crippen LogP contribution is -2.11. The fraction of sp³-hybridized carbons (Fsp3) is 0.400. The maximum atomic E-state index is 10.5. The number of rotatable bonds is 6. The van der Waals surface area contributed by atoms with Gasteiger partial charge in [-0.2, -0.15) is 5.26 Å². The van der Waals surface area contributed by atoms with Gasteiger partial charge in [-0.3, -0.25) is 4.79 Å². The van der Waals surface area contributed by atoms with E-state index in [1.807, 2.05) is 6.07 Å². The largest absolute Gasteiger partial charge is 0.370 e. The maximum Gasteiger partial charge on any atom is 0.223 e. The van der Waals surface area contributed by atoms with Gasteiger partial charge in [0.1, 0.15) is 11.8 Å². The third kappa shape index (κ3) is 4.37. The summed E-state index contributed by atoms with van der Waals surface area (Å²) in [6.45, 7) is 0.655. The number of carbonyl (C=O) groups excluding carboxylic acids is 1. The van der Waals surface area contributed by atoms with Gasteiger partial charge in [0, 0.05) is 19.2 Å². The fourth-order valence-corrected chi connectivity index (χ4v) is 1.13. The summed E-state index contributed by atoms with van der Waals surface area (Å²) in [5.41, 5.74) is 5.33. The molecule has 0 unspecified atom stereocenters. The van der Waals surface area contributed by atoms with Crippen LogP contribution in [0.5, 0.6) is 0 Å². The van der Waals surface area contributed by atoms with Crippen LogP contribution in [-0.4, -0.2) is 22.4 Å². The number of primary amides is 1. The van der Waals surface area contributed by atoms with Crippen LogP contribution in [0, 0.1) is 11.3 Å². The molecule has 1 rings (SSSR count). The molecule has 0 bridgehead atoms. The molecule has 6 heteroatoms. The highest BCUT2D eigenvalue weighted by atomic mass is 16.1. The Morgan fingerprint density at radius 2 is 2.38 bits per heavy atom. The van der Waals surface area contributed by atoms with E-state index in [1.54, 1.807) is 0 Å². The van der Waals surface area contributed by atoms with Gasteiger partial charge in [-0.15, -0.1) is 0 Å². The quantitative estimate of drug-likeness (QED) is 0.674. The number of hydrogen-bond acceptors (Lipinski definition) is 5. The predicted molar refractivity (Wildman–Crippen MR) is 58.3 cm³/mol. The van der Waals surface area contributed by atoms with Crippen LogP contribution in [0.2, 0.25) is 0 Å². The van der Waals surface area contributed by atoms with Gasteiger partial charge >= 0.3 is 0 Å². The second-order valence-corrected chi connectivity index (χ2v) is 3.23. The van der Waals surface area contributed by atoms with Crippen molar-refractivity contribution in [2.45, 2.75) is 19.3 Å². The van der Waals surface area contributed by atoms with Gasteiger partial charge in [0.05, 0.1) is 0 Å². The highest BCUT2D eigenvalue weighted by Crippen LogP contribution is 2.00. The van der Waals surface area contributed by atoms with E-state index < -0.39 is 0 Å². The van der Waals surface area contributed by atoms with Crippen molar-refractivity contribution >= 4 is 11.9 Å². The lowest BCUT2D eigenvalue weighted by molar-refractivity contribution is -0.118. The second kappa shape index (κ2) is 6.35. The Bertz CT molecular complexity index is 398. The zero-order chi connectivity index (χ0) is 11.8. The van der Waals surface area contributed by atoms with Crippen LogP contribution >= 0.6 is 0 Å². The summed E-state index contributed by atoms with van der Waals surface area (Å²) in [6, 6.07) is 3.47. The Morgan fingerprint density at radius 3 is 3.06 bits per heavy atom. The molecule has 1 heterocycles. The molecule has 0 aliphatic heterocycles. The van der Waals surface area contributed by atoms with Crippen molar-refractivity contribution in [2.24, 2.45) is 5.73 Å². The van der Waals surface area contributed by atoms with Crippen LogP contribution in [0.25, 0.3) is 0 Å². The van der Waals surface area contributed by atoms with E-state index in [-0.39, 0.29) is 5.91 Å². The van der Waals surface area contributed by atoms with E-state index in [0.717, 1.165) is 12.8 Å². The molecule has 0 atom stereocenters. The molecule has 0 saturated carbocycles. The second-order valence-electron chi connectivity index (χ2n) is 3.23. The number of aromatic nitrogens is 2. The Hall–Kier alpha value is -2.16. The number of unbranched alkanes of at least 4 members (excludes halogenated alkanes) is 1. The number of anilines is 1. The third-order valence-corrected chi connectivity index (χ3v) is 1.90. The molecule has 0 radical (unpaired) electrons. The van der Waals surface area contributed by atoms with Gasteiger partial charge in [-0.25, -0.2) is 9.97 Å². The van der Waals surface area contributed by atoms with Gasteiger partial charge in [-0.05, 0) is 18.9 Å². The molecule has 0 fully saturated rings. The monoisotopic (exact) mass is 219 g/mol. The average molecular weight is 219 g/mol. The number of carbonyl (C=O) groups is 1. The highest BCUT2D eigenvalue weighted by molar-refractivity contribution is 5.73. The van der Waals surface area contributed by atoms with Gasteiger partial charge in [0.25, 0.3) is 0 Å². The maximum absolute atomic E-state index is 10.5. The number of nitrogens with zero attached hydrogens (tertiary/aromatic N) is 3. The molecular formula is C10H13N5O. The number of nitrogens with one attached hydrogen (secondary N) is 1. The summed E-state index contributed by atoms with van der Waals surface area (Å²) in [6.07, 6.45) is 3.46. The van der Waals surface area contributed by atoms with Gasteiger partial charge in [-0.1, -0.05) is 0 Å².